The summed E-state index contributed by atoms with van der Waals surface area (Å²) in [5.74, 6) is -0.938. The molecule has 1 aliphatic rings. The molecule has 0 spiro atoms. The lowest BCUT2D eigenvalue weighted by Gasteiger charge is -2.36. The molecular formula is C24H23F2N3O. The predicted molar refractivity (Wildman–Crippen MR) is 115 cm³/mol. The van der Waals surface area contributed by atoms with E-state index in [-0.39, 0.29) is 17.3 Å². The van der Waals surface area contributed by atoms with Crippen molar-refractivity contribution in [3.8, 4) is 0 Å². The fourth-order valence-electron chi connectivity index (χ4n) is 3.62. The number of nitrogens with zero attached hydrogens (tertiary/aromatic N) is 2. The highest BCUT2D eigenvalue weighted by Gasteiger charge is 2.18. The highest BCUT2D eigenvalue weighted by Crippen LogP contribution is 2.21. The van der Waals surface area contributed by atoms with Crippen LogP contribution >= 0.6 is 0 Å². The zero-order chi connectivity index (χ0) is 20.9. The Hall–Kier alpha value is -3.25. The van der Waals surface area contributed by atoms with Crippen molar-refractivity contribution in [3.05, 3.63) is 95.6 Å². The topological polar surface area (TPSA) is 35.6 Å². The van der Waals surface area contributed by atoms with Gasteiger partial charge in [0.15, 0.2) is 0 Å². The van der Waals surface area contributed by atoms with Gasteiger partial charge >= 0.3 is 0 Å². The second-order valence-electron chi connectivity index (χ2n) is 7.37. The smallest absolute Gasteiger partial charge is 0.255 e. The third kappa shape index (κ3) is 4.83. The second-order valence-corrected chi connectivity index (χ2v) is 7.37. The molecule has 154 valence electrons. The number of piperazine rings is 1. The van der Waals surface area contributed by atoms with Gasteiger partial charge in [-0.2, -0.15) is 0 Å². The SMILES string of the molecule is O=C(Nc1ccc(N2CCN(Cc3ccccc3F)CC2)cc1)c1cccc(F)c1. The summed E-state index contributed by atoms with van der Waals surface area (Å²) in [6, 6.07) is 20.1. The van der Waals surface area contributed by atoms with Crippen LogP contribution in [-0.2, 0) is 6.54 Å². The molecule has 30 heavy (non-hydrogen) atoms. The molecule has 4 nitrogen and oxygen atoms in total. The number of hydrogen-bond acceptors (Lipinski definition) is 3. The van der Waals surface area contributed by atoms with Crippen molar-refractivity contribution < 1.29 is 13.6 Å². The van der Waals surface area contributed by atoms with Gasteiger partial charge in [0.25, 0.3) is 5.91 Å². The van der Waals surface area contributed by atoms with Crippen LogP contribution in [0.1, 0.15) is 15.9 Å². The van der Waals surface area contributed by atoms with E-state index in [0.29, 0.717) is 12.2 Å². The minimum atomic E-state index is -0.438. The first-order valence-electron chi connectivity index (χ1n) is 9.96. The number of hydrogen-bond donors (Lipinski definition) is 1. The number of carbonyl (C=O) groups is 1. The number of benzene rings is 3. The van der Waals surface area contributed by atoms with Gasteiger partial charge in [0.2, 0.25) is 0 Å². The zero-order valence-electron chi connectivity index (χ0n) is 16.5. The summed E-state index contributed by atoms with van der Waals surface area (Å²) in [6.45, 7) is 4.03. The molecule has 4 rings (SSSR count). The van der Waals surface area contributed by atoms with Crippen molar-refractivity contribution in [1.82, 2.24) is 4.90 Å². The number of carbonyl (C=O) groups excluding carboxylic acids is 1. The molecule has 0 bridgehead atoms. The van der Waals surface area contributed by atoms with Gasteiger partial charge in [0.05, 0.1) is 0 Å². The molecule has 0 saturated carbocycles. The molecule has 1 amide bonds. The van der Waals surface area contributed by atoms with Crippen LogP contribution in [0, 0.1) is 11.6 Å². The van der Waals surface area contributed by atoms with Crippen LogP contribution in [0.2, 0.25) is 0 Å². The van der Waals surface area contributed by atoms with Crippen LogP contribution in [0.25, 0.3) is 0 Å². The lowest BCUT2D eigenvalue weighted by molar-refractivity contribution is 0.102. The summed E-state index contributed by atoms with van der Waals surface area (Å²) in [5.41, 5.74) is 2.74. The molecule has 1 aliphatic heterocycles. The average Bonchev–Trinajstić information content (AvgIpc) is 2.76. The Morgan fingerprint density at radius 1 is 0.867 bits per heavy atom. The largest absolute Gasteiger partial charge is 0.369 e. The van der Waals surface area contributed by atoms with Crippen LogP contribution in [0.15, 0.2) is 72.8 Å². The van der Waals surface area contributed by atoms with Gasteiger partial charge < -0.3 is 10.2 Å². The van der Waals surface area contributed by atoms with Gasteiger partial charge in [-0.3, -0.25) is 9.69 Å². The predicted octanol–water partition coefficient (Wildman–Crippen LogP) is 4.54. The molecule has 0 atom stereocenters. The number of amides is 1. The van der Waals surface area contributed by atoms with Gasteiger partial charge in [-0.25, -0.2) is 8.78 Å². The number of rotatable bonds is 5. The molecule has 3 aromatic carbocycles. The monoisotopic (exact) mass is 407 g/mol. The Morgan fingerprint density at radius 3 is 2.30 bits per heavy atom. The van der Waals surface area contributed by atoms with E-state index in [0.717, 1.165) is 37.4 Å². The molecule has 6 heteroatoms. The molecule has 1 N–H and O–H groups in total. The zero-order valence-corrected chi connectivity index (χ0v) is 16.5. The highest BCUT2D eigenvalue weighted by atomic mass is 19.1. The van der Waals surface area contributed by atoms with Crippen LogP contribution in [0.3, 0.4) is 0 Å². The Morgan fingerprint density at radius 2 is 1.60 bits per heavy atom. The van der Waals surface area contributed by atoms with E-state index in [1.807, 2.05) is 36.4 Å². The first-order valence-corrected chi connectivity index (χ1v) is 9.96. The lowest BCUT2D eigenvalue weighted by atomic mass is 10.1. The Kier molecular flexibility index (Phi) is 6.05. The molecule has 0 radical (unpaired) electrons. The molecule has 3 aromatic rings. The minimum Gasteiger partial charge on any atom is -0.369 e. The van der Waals surface area contributed by atoms with Crippen molar-refractivity contribution >= 4 is 17.3 Å². The Balaban J connectivity index is 1.31. The van der Waals surface area contributed by atoms with Crippen molar-refractivity contribution in [2.45, 2.75) is 6.54 Å². The lowest BCUT2D eigenvalue weighted by Crippen LogP contribution is -2.46. The molecule has 0 unspecified atom stereocenters. The second kappa shape index (κ2) is 9.05. The highest BCUT2D eigenvalue weighted by molar-refractivity contribution is 6.04. The number of nitrogens with one attached hydrogen (secondary N) is 1. The molecule has 0 aromatic heterocycles. The van der Waals surface area contributed by atoms with Gasteiger partial charge in [-0.15, -0.1) is 0 Å². The van der Waals surface area contributed by atoms with E-state index in [1.54, 1.807) is 12.1 Å². The van der Waals surface area contributed by atoms with Crippen LogP contribution in [-0.4, -0.2) is 37.0 Å². The quantitative estimate of drug-likeness (QED) is 0.675. The fourth-order valence-corrected chi connectivity index (χ4v) is 3.62. The van der Waals surface area contributed by atoms with Crippen molar-refractivity contribution in [2.75, 3.05) is 36.4 Å². The van der Waals surface area contributed by atoms with Gasteiger partial charge in [0.1, 0.15) is 11.6 Å². The average molecular weight is 407 g/mol. The van der Waals surface area contributed by atoms with E-state index in [9.17, 15) is 13.6 Å². The molecule has 1 heterocycles. The van der Waals surface area contributed by atoms with Crippen LogP contribution < -0.4 is 10.2 Å². The fraction of sp³-hybridized carbons (Fsp3) is 0.208. The summed E-state index contributed by atoms with van der Waals surface area (Å²) in [6.07, 6.45) is 0. The normalized spacial score (nSPS) is 14.5. The Labute approximate surface area is 174 Å². The number of anilines is 2. The summed E-state index contributed by atoms with van der Waals surface area (Å²) >= 11 is 0. The molecule has 1 fully saturated rings. The van der Waals surface area contributed by atoms with Crippen molar-refractivity contribution in [2.24, 2.45) is 0 Å². The molecule has 0 aliphatic carbocycles. The summed E-state index contributed by atoms with van der Waals surface area (Å²) in [5, 5.41) is 2.79. The first kappa shape index (κ1) is 20.0. The summed E-state index contributed by atoms with van der Waals surface area (Å²) < 4.78 is 27.1. The van der Waals surface area contributed by atoms with E-state index < -0.39 is 5.82 Å². The van der Waals surface area contributed by atoms with E-state index in [4.69, 9.17) is 0 Å². The van der Waals surface area contributed by atoms with E-state index >= 15 is 0 Å². The van der Waals surface area contributed by atoms with Gasteiger partial charge in [-0.1, -0.05) is 24.3 Å². The first-order chi connectivity index (χ1) is 14.6. The Bertz CT molecular complexity index is 1010. The van der Waals surface area contributed by atoms with E-state index in [1.165, 1.54) is 24.3 Å². The maximum absolute atomic E-state index is 13.9. The maximum Gasteiger partial charge on any atom is 0.255 e. The molecule has 1 saturated heterocycles. The van der Waals surface area contributed by atoms with Crippen LogP contribution in [0.5, 0.6) is 0 Å². The minimum absolute atomic E-state index is 0.157. The number of halogens is 2. The standard InChI is InChI=1S/C24H23F2N3O/c25-20-6-3-5-18(16-20)24(30)27-21-8-10-22(11-9-21)29-14-12-28(13-15-29)17-19-4-1-2-7-23(19)26/h1-11,16H,12-15,17H2,(H,27,30). The van der Waals surface area contributed by atoms with Crippen molar-refractivity contribution in [1.29, 1.82) is 0 Å². The van der Waals surface area contributed by atoms with E-state index in [2.05, 4.69) is 15.1 Å². The maximum atomic E-state index is 13.9. The molecular weight excluding hydrogens is 384 g/mol. The van der Waals surface area contributed by atoms with Gasteiger partial charge in [-0.05, 0) is 48.5 Å². The van der Waals surface area contributed by atoms with Crippen LogP contribution in [0.4, 0.5) is 20.2 Å². The van der Waals surface area contributed by atoms with Crippen molar-refractivity contribution in [3.63, 3.8) is 0 Å². The third-order valence-electron chi connectivity index (χ3n) is 5.30. The summed E-state index contributed by atoms with van der Waals surface area (Å²) in [4.78, 5) is 16.8. The summed E-state index contributed by atoms with van der Waals surface area (Å²) in [7, 11) is 0. The van der Waals surface area contributed by atoms with Gasteiger partial charge in [0, 0.05) is 55.2 Å². The third-order valence-corrected chi connectivity index (χ3v) is 5.30.